The van der Waals surface area contributed by atoms with E-state index in [2.05, 4.69) is 17.2 Å². The summed E-state index contributed by atoms with van der Waals surface area (Å²) in [7, 11) is 0. The van der Waals surface area contributed by atoms with Crippen LogP contribution in [0.2, 0.25) is 0 Å². The zero-order valence-corrected chi connectivity index (χ0v) is 11.5. The van der Waals surface area contributed by atoms with Crippen LogP contribution < -0.4 is 5.32 Å². The van der Waals surface area contributed by atoms with Crippen molar-refractivity contribution >= 4 is 11.9 Å². The summed E-state index contributed by atoms with van der Waals surface area (Å²) in [5.74, 6) is 4.53. The van der Waals surface area contributed by atoms with Crippen LogP contribution in [0.15, 0.2) is 18.2 Å². The molecule has 5 heteroatoms. The van der Waals surface area contributed by atoms with Crippen LogP contribution in [0.25, 0.3) is 0 Å². The first-order chi connectivity index (χ1) is 9.58. The number of benzene rings is 1. The SMILES string of the molecule is CCOC(=O)CNC(=O)c1ccc(C#CCO)c(C)c1. The summed E-state index contributed by atoms with van der Waals surface area (Å²) < 4.78 is 4.72. The molecule has 0 aliphatic rings. The van der Waals surface area contributed by atoms with E-state index in [1.165, 1.54) is 0 Å². The van der Waals surface area contributed by atoms with E-state index >= 15 is 0 Å². The van der Waals surface area contributed by atoms with Gasteiger partial charge in [-0.15, -0.1) is 0 Å². The number of nitrogens with one attached hydrogen (secondary N) is 1. The molecule has 1 aromatic carbocycles. The van der Waals surface area contributed by atoms with Crippen LogP contribution in [-0.4, -0.2) is 36.7 Å². The molecule has 0 aliphatic heterocycles. The molecule has 106 valence electrons. The quantitative estimate of drug-likeness (QED) is 0.624. The third-order valence-electron chi connectivity index (χ3n) is 2.49. The van der Waals surface area contributed by atoms with Crippen molar-refractivity contribution in [2.75, 3.05) is 19.8 Å². The van der Waals surface area contributed by atoms with E-state index in [4.69, 9.17) is 9.84 Å². The Balaban J connectivity index is 2.70. The Morgan fingerprint density at radius 1 is 1.40 bits per heavy atom. The van der Waals surface area contributed by atoms with Crippen LogP contribution in [0.4, 0.5) is 0 Å². The Kier molecular flexibility index (Phi) is 6.27. The second kappa shape index (κ2) is 7.97. The zero-order valence-electron chi connectivity index (χ0n) is 11.5. The Bertz CT molecular complexity index is 555. The number of aliphatic hydroxyl groups is 1. The molecular formula is C15H17NO4. The molecule has 20 heavy (non-hydrogen) atoms. The molecule has 2 N–H and O–H groups in total. The maximum Gasteiger partial charge on any atom is 0.325 e. The molecule has 1 aromatic rings. The number of aryl methyl sites for hydroxylation is 1. The Hall–Kier alpha value is -2.32. The van der Waals surface area contributed by atoms with Gasteiger partial charge in [-0.1, -0.05) is 11.8 Å². The van der Waals surface area contributed by atoms with Crippen LogP contribution in [0, 0.1) is 18.8 Å². The van der Waals surface area contributed by atoms with Crippen LogP contribution in [0.1, 0.15) is 28.4 Å². The summed E-state index contributed by atoms with van der Waals surface area (Å²) >= 11 is 0. The first-order valence-corrected chi connectivity index (χ1v) is 6.22. The van der Waals surface area contributed by atoms with Crippen molar-refractivity contribution in [3.63, 3.8) is 0 Å². The van der Waals surface area contributed by atoms with Gasteiger partial charge in [-0.05, 0) is 37.6 Å². The van der Waals surface area contributed by atoms with Crippen molar-refractivity contribution < 1.29 is 19.4 Å². The number of carbonyl (C=O) groups excluding carboxylic acids is 2. The van der Waals surface area contributed by atoms with Crippen molar-refractivity contribution in [1.82, 2.24) is 5.32 Å². The molecule has 0 aromatic heterocycles. The van der Waals surface area contributed by atoms with Gasteiger partial charge in [0.25, 0.3) is 5.91 Å². The molecule has 0 aliphatic carbocycles. The summed E-state index contributed by atoms with van der Waals surface area (Å²) in [6.45, 7) is 3.45. The number of rotatable bonds is 4. The van der Waals surface area contributed by atoms with Crippen molar-refractivity contribution in [2.45, 2.75) is 13.8 Å². The molecule has 1 amide bonds. The molecule has 0 saturated carbocycles. The van der Waals surface area contributed by atoms with Crippen molar-refractivity contribution in [3.8, 4) is 11.8 Å². The van der Waals surface area contributed by atoms with E-state index in [9.17, 15) is 9.59 Å². The van der Waals surface area contributed by atoms with E-state index in [0.29, 0.717) is 5.56 Å². The number of hydrogen-bond donors (Lipinski definition) is 2. The lowest BCUT2D eigenvalue weighted by atomic mass is 10.0. The predicted octanol–water partition coefficient (Wildman–Crippen LogP) is 0.632. The van der Waals surface area contributed by atoms with E-state index in [1.54, 1.807) is 25.1 Å². The Morgan fingerprint density at radius 2 is 2.15 bits per heavy atom. The molecule has 5 nitrogen and oxygen atoms in total. The third kappa shape index (κ3) is 4.75. The standard InChI is InChI=1S/C15H17NO4/c1-3-20-14(18)10-16-15(19)13-7-6-12(5-4-8-17)11(2)9-13/h6-7,9,17H,3,8,10H2,1-2H3,(H,16,19). The predicted molar refractivity (Wildman–Crippen MR) is 74.1 cm³/mol. The number of aliphatic hydroxyl groups excluding tert-OH is 1. The lowest BCUT2D eigenvalue weighted by Gasteiger charge is -2.06. The van der Waals surface area contributed by atoms with Crippen LogP contribution in [0.3, 0.4) is 0 Å². The van der Waals surface area contributed by atoms with Crippen molar-refractivity contribution in [2.24, 2.45) is 0 Å². The van der Waals surface area contributed by atoms with Gasteiger partial charge in [0.05, 0.1) is 6.61 Å². The van der Waals surface area contributed by atoms with Gasteiger partial charge in [-0.3, -0.25) is 9.59 Å². The molecule has 0 radical (unpaired) electrons. The Labute approximate surface area is 117 Å². The van der Waals surface area contributed by atoms with E-state index in [-0.39, 0.29) is 25.7 Å². The third-order valence-corrected chi connectivity index (χ3v) is 2.49. The molecular weight excluding hydrogens is 258 g/mol. The minimum atomic E-state index is -0.469. The molecule has 0 heterocycles. The van der Waals surface area contributed by atoms with Crippen molar-refractivity contribution in [1.29, 1.82) is 0 Å². The first kappa shape index (κ1) is 15.7. The monoisotopic (exact) mass is 275 g/mol. The van der Waals surface area contributed by atoms with Crippen molar-refractivity contribution in [3.05, 3.63) is 34.9 Å². The summed E-state index contributed by atoms with van der Waals surface area (Å²) in [6.07, 6.45) is 0. The number of ether oxygens (including phenoxy) is 1. The zero-order chi connectivity index (χ0) is 15.0. The van der Waals surface area contributed by atoms with Gasteiger partial charge in [0.15, 0.2) is 0 Å². The minimum Gasteiger partial charge on any atom is -0.465 e. The van der Waals surface area contributed by atoms with Crippen LogP contribution in [0.5, 0.6) is 0 Å². The normalized spacial score (nSPS) is 9.35. The second-order valence-electron chi connectivity index (χ2n) is 3.98. The highest BCUT2D eigenvalue weighted by Crippen LogP contribution is 2.10. The van der Waals surface area contributed by atoms with E-state index in [1.807, 2.05) is 6.92 Å². The van der Waals surface area contributed by atoms with Crippen LogP contribution >= 0.6 is 0 Å². The first-order valence-electron chi connectivity index (χ1n) is 6.22. The smallest absolute Gasteiger partial charge is 0.325 e. The van der Waals surface area contributed by atoms with Crippen LogP contribution in [-0.2, 0) is 9.53 Å². The molecule has 1 rings (SSSR count). The number of esters is 1. The minimum absolute atomic E-state index is 0.155. The average Bonchev–Trinajstić information content (AvgIpc) is 2.43. The van der Waals surface area contributed by atoms with Gasteiger partial charge >= 0.3 is 5.97 Å². The largest absolute Gasteiger partial charge is 0.465 e. The highest BCUT2D eigenvalue weighted by atomic mass is 16.5. The molecule has 0 unspecified atom stereocenters. The Morgan fingerprint density at radius 3 is 2.75 bits per heavy atom. The molecule has 0 bridgehead atoms. The summed E-state index contributed by atoms with van der Waals surface area (Å²) in [5, 5.41) is 11.1. The lowest BCUT2D eigenvalue weighted by molar-refractivity contribution is -0.141. The summed E-state index contributed by atoms with van der Waals surface area (Å²) in [5.41, 5.74) is 2.03. The number of amides is 1. The fraction of sp³-hybridized carbons (Fsp3) is 0.333. The maximum atomic E-state index is 11.8. The molecule has 0 atom stereocenters. The second-order valence-corrected chi connectivity index (χ2v) is 3.98. The summed E-state index contributed by atoms with van der Waals surface area (Å²) in [4.78, 5) is 23.0. The molecule has 0 saturated heterocycles. The lowest BCUT2D eigenvalue weighted by Crippen LogP contribution is -2.30. The van der Waals surface area contributed by atoms with Gasteiger partial charge in [0, 0.05) is 11.1 Å². The van der Waals surface area contributed by atoms with Gasteiger partial charge in [0.1, 0.15) is 13.2 Å². The molecule has 0 fully saturated rings. The molecule has 0 spiro atoms. The summed E-state index contributed by atoms with van der Waals surface area (Å²) in [6, 6.07) is 5.01. The van der Waals surface area contributed by atoms with Gasteiger partial charge in [-0.2, -0.15) is 0 Å². The van der Waals surface area contributed by atoms with E-state index < -0.39 is 5.97 Å². The van der Waals surface area contributed by atoms with Gasteiger partial charge in [0.2, 0.25) is 0 Å². The highest BCUT2D eigenvalue weighted by molar-refractivity contribution is 5.96. The fourth-order valence-electron chi connectivity index (χ4n) is 1.55. The van der Waals surface area contributed by atoms with E-state index in [0.717, 1.165) is 11.1 Å². The van der Waals surface area contributed by atoms with Gasteiger partial charge < -0.3 is 15.2 Å². The fourth-order valence-corrected chi connectivity index (χ4v) is 1.55. The number of hydrogen-bond acceptors (Lipinski definition) is 4. The highest BCUT2D eigenvalue weighted by Gasteiger charge is 2.09. The maximum absolute atomic E-state index is 11.8. The number of carbonyl (C=O) groups is 2. The average molecular weight is 275 g/mol. The topological polar surface area (TPSA) is 75.6 Å². The van der Waals surface area contributed by atoms with Gasteiger partial charge in [-0.25, -0.2) is 0 Å².